The molecule has 6 heteroatoms. The number of carbonyl (C=O) groups is 1. The number of anilines is 1. The van der Waals surface area contributed by atoms with Crippen LogP contribution in [-0.2, 0) is 6.54 Å². The minimum atomic E-state index is -0.977. The molecule has 0 amide bonds. The molecule has 0 aliphatic carbocycles. The molecule has 0 fully saturated rings. The number of halogens is 1. The first-order valence-corrected chi connectivity index (χ1v) is 6.91. The van der Waals surface area contributed by atoms with Gasteiger partial charge in [-0.1, -0.05) is 0 Å². The molecule has 94 valence electrons. The number of thiophene rings is 1. The predicted octanol–water partition coefficient (Wildman–Crippen LogP) is 3.52. The van der Waals surface area contributed by atoms with E-state index in [9.17, 15) is 4.79 Å². The Kier molecular flexibility index (Phi) is 3.98. The lowest BCUT2D eigenvalue weighted by Gasteiger charge is -2.09. The van der Waals surface area contributed by atoms with Crippen molar-refractivity contribution in [3.05, 3.63) is 44.3 Å². The predicted molar refractivity (Wildman–Crippen MR) is 75.3 cm³/mol. The zero-order chi connectivity index (χ0) is 13.1. The average Bonchev–Trinajstić information content (AvgIpc) is 2.72. The van der Waals surface area contributed by atoms with E-state index in [0.29, 0.717) is 12.2 Å². The van der Waals surface area contributed by atoms with Gasteiger partial charge in [-0.2, -0.15) is 0 Å². The molecule has 2 heterocycles. The lowest BCUT2D eigenvalue weighted by atomic mass is 10.2. The first-order valence-electron chi connectivity index (χ1n) is 5.23. The van der Waals surface area contributed by atoms with Crippen LogP contribution in [-0.4, -0.2) is 16.1 Å². The molecular formula is C12H11BrN2O2S. The number of carboxylic acid groups (broad SMARTS) is 1. The number of pyridine rings is 1. The summed E-state index contributed by atoms with van der Waals surface area (Å²) in [7, 11) is 0. The normalized spacial score (nSPS) is 10.3. The maximum atomic E-state index is 11.1. The zero-order valence-electron chi connectivity index (χ0n) is 9.61. The minimum absolute atomic E-state index is 0.188. The molecule has 0 unspecified atom stereocenters. The molecule has 0 aliphatic heterocycles. The van der Waals surface area contributed by atoms with Crippen LogP contribution in [0.5, 0.6) is 0 Å². The summed E-state index contributed by atoms with van der Waals surface area (Å²) in [6, 6.07) is 3.71. The molecule has 0 bridgehead atoms. The SMILES string of the molecule is Cc1cc(NCc2sccc2Br)c(C(=O)O)cn1. The van der Waals surface area contributed by atoms with Gasteiger partial charge in [0.05, 0.1) is 12.2 Å². The second-order valence-electron chi connectivity index (χ2n) is 3.72. The molecule has 0 aliphatic rings. The summed E-state index contributed by atoms with van der Waals surface area (Å²) in [6.07, 6.45) is 1.38. The van der Waals surface area contributed by atoms with E-state index in [1.54, 1.807) is 17.4 Å². The Hall–Kier alpha value is -1.40. The number of aryl methyl sites for hydroxylation is 1. The van der Waals surface area contributed by atoms with Gasteiger partial charge in [-0.05, 0) is 40.4 Å². The third-order valence-corrected chi connectivity index (χ3v) is 4.33. The van der Waals surface area contributed by atoms with Crippen molar-refractivity contribution in [2.24, 2.45) is 0 Å². The Morgan fingerprint density at radius 3 is 3.00 bits per heavy atom. The third-order valence-electron chi connectivity index (χ3n) is 2.40. The summed E-state index contributed by atoms with van der Waals surface area (Å²) >= 11 is 5.06. The third kappa shape index (κ3) is 2.88. The molecule has 0 atom stereocenters. The molecule has 2 rings (SSSR count). The number of aromatic nitrogens is 1. The Morgan fingerprint density at radius 2 is 2.39 bits per heavy atom. The van der Waals surface area contributed by atoms with Gasteiger partial charge < -0.3 is 10.4 Å². The Labute approximate surface area is 117 Å². The fourth-order valence-corrected chi connectivity index (χ4v) is 2.94. The molecule has 18 heavy (non-hydrogen) atoms. The highest BCUT2D eigenvalue weighted by Gasteiger charge is 2.11. The van der Waals surface area contributed by atoms with Gasteiger partial charge in [0, 0.05) is 21.2 Å². The number of nitrogens with zero attached hydrogens (tertiary/aromatic N) is 1. The van der Waals surface area contributed by atoms with Crippen molar-refractivity contribution >= 4 is 38.9 Å². The van der Waals surface area contributed by atoms with E-state index in [0.717, 1.165) is 15.0 Å². The Morgan fingerprint density at radius 1 is 1.61 bits per heavy atom. The largest absolute Gasteiger partial charge is 0.478 e. The van der Waals surface area contributed by atoms with Gasteiger partial charge in [0.2, 0.25) is 0 Å². The van der Waals surface area contributed by atoms with E-state index in [2.05, 4.69) is 26.2 Å². The van der Waals surface area contributed by atoms with E-state index in [1.165, 1.54) is 6.20 Å². The molecule has 0 saturated heterocycles. The Balaban J connectivity index is 2.20. The summed E-state index contributed by atoms with van der Waals surface area (Å²) < 4.78 is 1.03. The van der Waals surface area contributed by atoms with Gasteiger partial charge in [-0.25, -0.2) is 4.79 Å². The molecule has 4 nitrogen and oxygen atoms in total. The van der Waals surface area contributed by atoms with Crippen molar-refractivity contribution in [1.29, 1.82) is 0 Å². The summed E-state index contributed by atoms with van der Waals surface area (Å²) in [5, 5.41) is 14.2. The van der Waals surface area contributed by atoms with E-state index in [1.807, 2.05) is 18.4 Å². The van der Waals surface area contributed by atoms with Gasteiger partial charge in [0.1, 0.15) is 5.56 Å². The Bertz CT molecular complexity index is 583. The minimum Gasteiger partial charge on any atom is -0.478 e. The van der Waals surface area contributed by atoms with Crippen LogP contribution < -0.4 is 5.32 Å². The van der Waals surface area contributed by atoms with Crippen molar-refractivity contribution in [3.63, 3.8) is 0 Å². The topological polar surface area (TPSA) is 62.2 Å². The summed E-state index contributed by atoms with van der Waals surface area (Å²) in [5.74, 6) is -0.977. The molecule has 2 aromatic heterocycles. The smallest absolute Gasteiger partial charge is 0.339 e. The van der Waals surface area contributed by atoms with Crippen molar-refractivity contribution in [2.75, 3.05) is 5.32 Å². The van der Waals surface area contributed by atoms with Crippen LogP contribution >= 0.6 is 27.3 Å². The van der Waals surface area contributed by atoms with Crippen LogP contribution in [0.2, 0.25) is 0 Å². The highest BCUT2D eigenvalue weighted by atomic mass is 79.9. The molecule has 2 aromatic rings. The second-order valence-corrected chi connectivity index (χ2v) is 5.58. The lowest BCUT2D eigenvalue weighted by molar-refractivity contribution is 0.0697. The maximum Gasteiger partial charge on any atom is 0.339 e. The number of hydrogen-bond acceptors (Lipinski definition) is 4. The molecule has 0 radical (unpaired) electrons. The number of nitrogens with one attached hydrogen (secondary N) is 1. The monoisotopic (exact) mass is 326 g/mol. The van der Waals surface area contributed by atoms with E-state index in [4.69, 9.17) is 5.11 Å². The van der Waals surface area contributed by atoms with Crippen molar-refractivity contribution < 1.29 is 9.90 Å². The summed E-state index contributed by atoms with van der Waals surface area (Å²) in [6.45, 7) is 2.42. The van der Waals surface area contributed by atoms with E-state index < -0.39 is 5.97 Å². The van der Waals surface area contributed by atoms with Gasteiger partial charge in [0.25, 0.3) is 0 Å². The molecular weight excluding hydrogens is 316 g/mol. The maximum absolute atomic E-state index is 11.1. The van der Waals surface area contributed by atoms with Gasteiger partial charge >= 0.3 is 5.97 Å². The molecule has 0 spiro atoms. The fraction of sp³-hybridized carbons (Fsp3) is 0.167. The highest BCUT2D eigenvalue weighted by molar-refractivity contribution is 9.10. The number of aromatic carboxylic acids is 1. The fourth-order valence-electron chi connectivity index (χ4n) is 1.50. The van der Waals surface area contributed by atoms with Crippen LogP contribution in [0.25, 0.3) is 0 Å². The lowest BCUT2D eigenvalue weighted by Crippen LogP contribution is -2.07. The average molecular weight is 327 g/mol. The van der Waals surface area contributed by atoms with E-state index in [-0.39, 0.29) is 5.56 Å². The quantitative estimate of drug-likeness (QED) is 0.902. The first kappa shape index (κ1) is 13.0. The van der Waals surface area contributed by atoms with Crippen molar-refractivity contribution in [3.8, 4) is 0 Å². The number of rotatable bonds is 4. The molecule has 0 aromatic carbocycles. The zero-order valence-corrected chi connectivity index (χ0v) is 12.0. The van der Waals surface area contributed by atoms with Gasteiger partial charge in [0.15, 0.2) is 0 Å². The van der Waals surface area contributed by atoms with E-state index >= 15 is 0 Å². The van der Waals surface area contributed by atoms with Gasteiger partial charge in [-0.3, -0.25) is 4.98 Å². The summed E-state index contributed by atoms with van der Waals surface area (Å²) in [4.78, 5) is 16.2. The van der Waals surface area contributed by atoms with Crippen LogP contribution in [0.15, 0.2) is 28.2 Å². The standard InChI is InChI=1S/C12H11BrN2O2S/c1-7-4-10(8(5-14-7)12(16)17)15-6-11-9(13)2-3-18-11/h2-5H,6H2,1H3,(H,14,15)(H,16,17). The number of carboxylic acids is 1. The van der Waals surface area contributed by atoms with Gasteiger partial charge in [-0.15, -0.1) is 11.3 Å². The second kappa shape index (κ2) is 5.49. The van der Waals surface area contributed by atoms with Crippen molar-refractivity contribution in [1.82, 2.24) is 4.98 Å². The number of hydrogen-bond donors (Lipinski definition) is 2. The van der Waals surface area contributed by atoms with Crippen LogP contribution in [0.3, 0.4) is 0 Å². The first-order chi connectivity index (χ1) is 8.58. The van der Waals surface area contributed by atoms with Crippen molar-refractivity contribution in [2.45, 2.75) is 13.5 Å². The van der Waals surface area contributed by atoms with Crippen LogP contribution in [0, 0.1) is 6.92 Å². The summed E-state index contributed by atoms with van der Waals surface area (Å²) in [5.41, 5.74) is 1.57. The molecule has 0 saturated carbocycles. The molecule has 2 N–H and O–H groups in total. The highest BCUT2D eigenvalue weighted by Crippen LogP contribution is 2.24. The van der Waals surface area contributed by atoms with Crippen LogP contribution in [0.4, 0.5) is 5.69 Å². The van der Waals surface area contributed by atoms with Crippen LogP contribution in [0.1, 0.15) is 20.9 Å².